The summed E-state index contributed by atoms with van der Waals surface area (Å²) in [5.41, 5.74) is 1.43. The van der Waals surface area contributed by atoms with Crippen molar-refractivity contribution in [2.45, 2.75) is 19.8 Å². The van der Waals surface area contributed by atoms with Crippen LogP contribution in [0.15, 0.2) is 53.3 Å². The second kappa shape index (κ2) is 7.91. The molecule has 2 N–H and O–H groups in total. The minimum Gasteiger partial charge on any atom is -0.355 e. The number of benzene rings is 2. The maximum Gasteiger partial charge on any atom is 0.255 e. The van der Waals surface area contributed by atoms with Crippen molar-refractivity contribution >= 4 is 5.95 Å². The van der Waals surface area contributed by atoms with Crippen molar-refractivity contribution in [1.82, 2.24) is 9.97 Å². The van der Waals surface area contributed by atoms with E-state index in [4.69, 9.17) is 0 Å². The SMILES string of the molecule is Cc1c(Cc2c(F)cccc2F)nc(NCCc2ccccc2)[nH]c1=O. The lowest BCUT2D eigenvalue weighted by atomic mass is 10.1. The summed E-state index contributed by atoms with van der Waals surface area (Å²) in [6.45, 7) is 2.16. The van der Waals surface area contributed by atoms with Gasteiger partial charge in [0.05, 0.1) is 5.69 Å². The quantitative estimate of drug-likeness (QED) is 0.710. The fourth-order valence-corrected chi connectivity index (χ4v) is 2.67. The first kappa shape index (κ1) is 17.8. The Morgan fingerprint density at radius 2 is 1.73 bits per heavy atom. The van der Waals surface area contributed by atoms with Crippen LogP contribution >= 0.6 is 0 Å². The molecule has 0 saturated carbocycles. The minimum atomic E-state index is -0.648. The molecule has 0 aliphatic carbocycles. The average molecular weight is 355 g/mol. The van der Waals surface area contributed by atoms with Gasteiger partial charge in [-0.1, -0.05) is 36.4 Å². The molecule has 0 aliphatic heterocycles. The van der Waals surface area contributed by atoms with Crippen molar-refractivity contribution in [2.75, 3.05) is 11.9 Å². The first-order valence-electron chi connectivity index (χ1n) is 8.35. The first-order valence-corrected chi connectivity index (χ1v) is 8.35. The van der Waals surface area contributed by atoms with Crippen LogP contribution in [0.4, 0.5) is 14.7 Å². The predicted molar refractivity (Wildman–Crippen MR) is 97.4 cm³/mol. The topological polar surface area (TPSA) is 57.8 Å². The zero-order chi connectivity index (χ0) is 18.5. The lowest BCUT2D eigenvalue weighted by Gasteiger charge is -2.10. The van der Waals surface area contributed by atoms with Gasteiger partial charge in [0.15, 0.2) is 0 Å². The van der Waals surface area contributed by atoms with Crippen molar-refractivity contribution in [3.8, 4) is 0 Å². The summed E-state index contributed by atoms with van der Waals surface area (Å²) < 4.78 is 27.8. The van der Waals surface area contributed by atoms with Crippen LogP contribution in [0.5, 0.6) is 0 Å². The van der Waals surface area contributed by atoms with Crippen molar-refractivity contribution < 1.29 is 8.78 Å². The third-order valence-corrected chi connectivity index (χ3v) is 4.21. The molecule has 4 nitrogen and oxygen atoms in total. The molecule has 0 fully saturated rings. The predicted octanol–water partition coefficient (Wildman–Crippen LogP) is 3.60. The van der Waals surface area contributed by atoms with E-state index in [1.807, 2.05) is 30.3 Å². The van der Waals surface area contributed by atoms with Gasteiger partial charge in [-0.3, -0.25) is 9.78 Å². The summed E-state index contributed by atoms with van der Waals surface area (Å²) in [5, 5.41) is 3.06. The van der Waals surface area contributed by atoms with Crippen LogP contribution in [0, 0.1) is 18.6 Å². The number of aromatic amines is 1. The number of rotatable bonds is 6. The third-order valence-electron chi connectivity index (χ3n) is 4.21. The highest BCUT2D eigenvalue weighted by atomic mass is 19.1. The highest BCUT2D eigenvalue weighted by Gasteiger charge is 2.14. The number of halogens is 2. The third kappa shape index (κ3) is 4.14. The molecule has 0 bridgehead atoms. The smallest absolute Gasteiger partial charge is 0.255 e. The molecule has 6 heteroatoms. The minimum absolute atomic E-state index is 0.0817. The zero-order valence-electron chi connectivity index (χ0n) is 14.4. The standard InChI is InChI=1S/C20H19F2N3O/c1-13-18(12-15-16(21)8-5-9-17(15)22)24-20(25-19(13)26)23-11-10-14-6-3-2-4-7-14/h2-9H,10-12H2,1H3,(H2,23,24,25,26). The van der Waals surface area contributed by atoms with E-state index < -0.39 is 11.6 Å². The van der Waals surface area contributed by atoms with E-state index in [1.54, 1.807) is 6.92 Å². The van der Waals surface area contributed by atoms with E-state index >= 15 is 0 Å². The molecule has 3 rings (SSSR count). The number of hydrogen-bond donors (Lipinski definition) is 2. The Bertz CT molecular complexity index is 935. The molecule has 1 aromatic heterocycles. The molecule has 0 spiro atoms. The molecule has 1 heterocycles. The molecular formula is C20H19F2N3O. The number of hydrogen-bond acceptors (Lipinski definition) is 3. The molecule has 0 unspecified atom stereocenters. The normalized spacial score (nSPS) is 10.7. The molecule has 2 aromatic carbocycles. The Hall–Kier alpha value is -3.02. The van der Waals surface area contributed by atoms with Crippen LogP contribution in [0.2, 0.25) is 0 Å². The van der Waals surface area contributed by atoms with Crippen LogP contribution in [0.25, 0.3) is 0 Å². The van der Waals surface area contributed by atoms with Gasteiger partial charge < -0.3 is 5.32 Å². The van der Waals surface area contributed by atoms with Crippen molar-refractivity contribution in [1.29, 1.82) is 0 Å². The Morgan fingerprint density at radius 3 is 2.42 bits per heavy atom. The summed E-state index contributed by atoms with van der Waals surface area (Å²) in [6, 6.07) is 13.6. The molecule has 0 radical (unpaired) electrons. The van der Waals surface area contributed by atoms with E-state index in [9.17, 15) is 13.6 Å². The van der Waals surface area contributed by atoms with E-state index in [0.717, 1.165) is 12.0 Å². The van der Waals surface area contributed by atoms with Gasteiger partial charge in [0.2, 0.25) is 5.95 Å². The highest BCUT2D eigenvalue weighted by molar-refractivity contribution is 5.34. The van der Waals surface area contributed by atoms with Gasteiger partial charge in [0, 0.05) is 24.1 Å². The van der Waals surface area contributed by atoms with Gasteiger partial charge in [-0.2, -0.15) is 0 Å². The van der Waals surface area contributed by atoms with E-state index in [2.05, 4.69) is 15.3 Å². The van der Waals surface area contributed by atoms with Gasteiger partial charge in [-0.25, -0.2) is 13.8 Å². The highest BCUT2D eigenvalue weighted by Crippen LogP contribution is 2.17. The van der Waals surface area contributed by atoms with Crippen LogP contribution in [-0.2, 0) is 12.8 Å². The van der Waals surface area contributed by atoms with Gasteiger partial charge in [-0.05, 0) is 31.0 Å². The van der Waals surface area contributed by atoms with Gasteiger partial charge >= 0.3 is 0 Å². The number of nitrogens with zero attached hydrogens (tertiary/aromatic N) is 1. The second-order valence-corrected chi connectivity index (χ2v) is 6.03. The fraction of sp³-hybridized carbons (Fsp3) is 0.200. The largest absolute Gasteiger partial charge is 0.355 e. The van der Waals surface area contributed by atoms with Crippen LogP contribution in [0.3, 0.4) is 0 Å². The molecule has 3 aromatic rings. The number of aromatic nitrogens is 2. The van der Waals surface area contributed by atoms with Crippen LogP contribution < -0.4 is 10.9 Å². The zero-order valence-corrected chi connectivity index (χ0v) is 14.4. The van der Waals surface area contributed by atoms with Crippen LogP contribution in [-0.4, -0.2) is 16.5 Å². The molecule has 0 aliphatic rings. The van der Waals surface area contributed by atoms with Crippen LogP contribution in [0.1, 0.15) is 22.4 Å². The molecule has 0 amide bonds. The number of H-pyrrole nitrogens is 1. The van der Waals surface area contributed by atoms with Crippen molar-refractivity contribution in [3.63, 3.8) is 0 Å². The number of nitrogens with one attached hydrogen (secondary N) is 2. The molecule has 134 valence electrons. The molecule has 0 atom stereocenters. The summed E-state index contributed by atoms with van der Waals surface area (Å²) in [4.78, 5) is 19.1. The summed E-state index contributed by atoms with van der Waals surface area (Å²) in [7, 11) is 0. The Kier molecular flexibility index (Phi) is 5.41. The van der Waals surface area contributed by atoms with E-state index in [-0.39, 0.29) is 17.5 Å². The lowest BCUT2D eigenvalue weighted by Crippen LogP contribution is -2.20. The first-order chi connectivity index (χ1) is 12.5. The lowest BCUT2D eigenvalue weighted by molar-refractivity contribution is 0.560. The Labute approximate surface area is 149 Å². The monoisotopic (exact) mass is 355 g/mol. The van der Waals surface area contributed by atoms with Gasteiger partial charge in [0.1, 0.15) is 11.6 Å². The number of anilines is 1. The van der Waals surface area contributed by atoms with E-state index in [0.29, 0.717) is 23.8 Å². The maximum absolute atomic E-state index is 13.9. The van der Waals surface area contributed by atoms with Gasteiger partial charge in [-0.15, -0.1) is 0 Å². The molecule has 26 heavy (non-hydrogen) atoms. The average Bonchev–Trinajstić information content (AvgIpc) is 2.63. The van der Waals surface area contributed by atoms with Gasteiger partial charge in [0.25, 0.3) is 5.56 Å². The summed E-state index contributed by atoms with van der Waals surface area (Å²) in [6.07, 6.45) is 0.678. The van der Waals surface area contributed by atoms with E-state index in [1.165, 1.54) is 18.2 Å². The Balaban J connectivity index is 1.78. The van der Waals surface area contributed by atoms with Crippen molar-refractivity contribution in [2.24, 2.45) is 0 Å². The Morgan fingerprint density at radius 1 is 1.04 bits per heavy atom. The summed E-state index contributed by atoms with van der Waals surface area (Å²) >= 11 is 0. The molecular weight excluding hydrogens is 336 g/mol. The maximum atomic E-state index is 13.9. The van der Waals surface area contributed by atoms with Crippen molar-refractivity contribution in [3.05, 3.63) is 92.9 Å². The summed E-state index contributed by atoms with van der Waals surface area (Å²) in [5.74, 6) is -1.00. The molecule has 0 saturated heterocycles. The fourth-order valence-electron chi connectivity index (χ4n) is 2.67. The second-order valence-electron chi connectivity index (χ2n) is 6.03.